The van der Waals surface area contributed by atoms with E-state index in [2.05, 4.69) is 14.1 Å². The Hall–Kier alpha value is -2.77. The number of nitrogens with one attached hydrogen (secondary N) is 1. The number of fused-ring (bicyclic) bond motifs is 2. The SMILES string of the molecule is CN(C)C(CNC(=O)c1ccc2nsnc2c1)c1cc2ccccc2o1. The van der Waals surface area contributed by atoms with Crippen molar-refractivity contribution in [2.24, 2.45) is 0 Å². The topological polar surface area (TPSA) is 71.3 Å². The van der Waals surface area contributed by atoms with Crippen molar-refractivity contribution in [3.05, 3.63) is 59.9 Å². The van der Waals surface area contributed by atoms with Crippen LogP contribution in [0.5, 0.6) is 0 Å². The zero-order chi connectivity index (χ0) is 18.1. The molecule has 0 saturated heterocycles. The molecule has 1 unspecified atom stereocenters. The Kier molecular flexibility index (Phi) is 4.40. The van der Waals surface area contributed by atoms with Crippen LogP contribution in [-0.4, -0.2) is 40.2 Å². The summed E-state index contributed by atoms with van der Waals surface area (Å²) in [5.74, 6) is 0.693. The van der Waals surface area contributed by atoms with Crippen molar-refractivity contribution in [2.75, 3.05) is 20.6 Å². The fraction of sp³-hybridized carbons (Fsp3) is 0.211. The van der Waals surface area contributed by atoms with Gasteiger partial charge >= 0.3 is 0 Å². The van der Waals surface area contributed by atoms with Crippen LogP contribution in [0.3, 0.4) is 0 Å². The standard InChI is InChI=1S/C19H18N4O2S/c1-23(2)16(18-10-12-5-3-4-6-17(12)25-18)11-20-19(24)13-7-8-14-15(9-13)22-26-21-14/h3-10,16H,11H2,1-2H3,(H,20,24). The van der Waals surface area contributed by atoms with Gasteiger partial charge in [0.2, 0.25) is 0 Å². The van der Waals surface area contributed by atoms with Gasteiger partial charge in [0.1, 0.15) is 22.4 Å². The number of aromatic nitrogens is 2. The zero-order valence-electron chi connectivity index (χ0n) is 14.5. The normalized spacial score (nSPS) is 12.7. The number of benzene rings is 2. The average Bonchev–Trinajstić information content (AvgIpc) is 3.27. The molecule has 0 spiro atoms. The van der Waals surface area contributed by atoms with Crippen LogP contribution in [0.25, 0.3) is 22.0 Å². The molecule has 6 nitrogen and oxygen atoms in total. The van der Waals surface area contributed by atoms with Crippen LogP contribution >= 0.6 is 11.7 Å². The van der Waals surface area contributed by atoms with E-state index in [-0.39, 0.29) is 11.9 Å². The molecule has 7 heteroatoms. The number of likely N-dealkylation sites (N-methyl/N-ethyl adjacent to an activating group) is 1. The summed E-state index contributed by atoms with van der Waals surface area (Å²) in [5, 5.41) is 4.05. The maximum atomic E-state index is 12.5. The molecular formula is C19H18N4O2S. The van der Waals surface area contributed by atoms with E-state index in [1.807, 2.05) is 55.4 Å². The van der Waals surface area contributed by atoms with Crippen LogP contribution in [-0.2, 0) is 0 Å². The fourth-order valence-corrected chi connectivity index (χ4v) is 3.44. The van der Waals surface area contributed by atoms with Gasteiger partial charge in [0.15, 0.2) is 0 Å². The lowest BCUT2D eigenvalue weighted by atomic mass is 10.1. The molecule has 1 N–H and O–H groups in total. The van der Waals surface area contributed by atoms with Crippen LogP contribution in [0.1, 0.15) is 22.2 Å². The lowest BCUT2D eigenvalue weighted by Gasteiger charge is -2.22. The van der Waals surface area contributed by atoms with Crippen molar-refractivity contribution >= 4 is 39.6 Å². The van der Waals surface area contributed by atoms with E-state index in [4.69, 9.17) is 4.42 Å². The summed E-state index contributed by atoms with van der Waals surface area (Å²) in [6, 6.07) is 15.2. The summed E-state index contributed by atoms with van der Waals surface area (Å²) < 4.78 is 14.3. The number of hydrogen-bond donors (Lipinski definition) is 1. The van der Waals surface area contributed by atoms with Crippen LogP contribution in [0.2, 0.25) is 0 Å². The fourth-order valence-electron chi connectivity index (χ4n) is 2.92. The molecule has 4 rings (SSSR count). The molecule has 2 aromatic heterocycles. The van der Waals surface area contributed by atoms with Gasteiger partial charge in [-0.15, -0.1) is 0 Å². The van der Waals surface area contributed by atoms with Crippen LogP contribution < -0.4 is 5.32 Å². The molecule has 2 aromatic carbocycles. The monoisotopic (exact) mass is 366 g/mol. The number of amides is 1. The first-order valence-electron chi connectivity index (χ1n) is 8.27. The van der Waals surface area contributed by atoms with Crippen LogP contribution in [0, 0.1) is 0 Å². The summed E-state index contributed by atoms with van der Waals surface area (Å²) >= 11 is 1.14. The van der Waals surface area contributed by atoms with Crippen molar-refractivity contribution in [2.45, 2.75) is 6.04 Å². The van der Waals surface area contributed by atoms with E-state index in [1.165, 1.54) is 0 Å². The third kappa shape index (κ3) is 3.18. The average molecular weight is 366 g/mol. The molecule has 0 bridgehead atoms. The van der Waals surface area contributed by atoms with E-state index in [9.17, 15) is 4.79 Å². The van der Waals surface area contributed by atoms with Crippen molar-refractivity contribution in [1.29, 1.82) is 0 Å². The predicted molar refractivity (Wildman–Crippen MR) is 102 cm³/mol. The third-order valence-electron chi connectivity index (χ3n) is 4.37. The van der Waals surface area contributed by atoms with Gasteiger partial charge in [-0.05, 0) is 44.4 Å². The van der Waals surface area contributed by atoms with Crippen LogP contribution in [0.4, 0.5) is 0 Å². The maximum absolute atomic E-state index is 12.5. The number of rotatable bonds is 5. The molecule has 0 fully saturated rings. The Labute approximate surface area is 154 Å². The van der Waals surface area contributed by atoms with Crippen molar-refractivity contribution in [3.63, 3.8) is 0 Å². The summed E-state index contributed by atoms with van der Waals surface area (Å²) in [6.07, 6.45) is 0. The van der Waals surface area contributed by atoms with Crippen LogP contribution in [0.15, 0.2) is 52.9 Å². The molecule has 0 aliphatic carbocycles. The van der Waals surface area contributed by atoms with Crippen molar-refractivity contribution in [3.8, 4) is 0 Å². The van der Waals surface area contributed by atoms with Crippen molar-refractivity contribution in [1.82, 2.24) is 19.0 Å². The summed E-state index contributed by atoms with van der Waals surface area (Å²) in [6.45, 7) is 0.443. The highest BCUT2D eigenvalue weighted by molar-refractivity contribution is 7.00. The Morgan fingerprint density at radius 2 is 1.96 bits per heavy atom. The number of furan rings is 1. The molecular weight excluding hydrogens is 348 g/mol. The molecule has 1 amide bonds. The first-order valence-corrected chi connectivity index (χ1v) is 9.00. The molecule has 26 heavy (non-hydrogen) atoms. The first kappa shape index (κ1) is 16.7. The quantitative estimate of drug-likeness (QED) is 0.586. The smallest absolute Gasteiger partial charge is 0.251 e. The number of carbonyl (C=O) groups excluding carboxylic acids is 1. The second-order valence-electron chi connectivity index (χ2n) is 6.34. The van der Waals surface area contributed by atoms with E-state index < -0.39 is 0 Å². The van der Waals surface area contributed by atoms with E-state index in [0.29, 0.717) is 12.1 Å². The van der Waals surface area contributed by atoms with Gasteiger partial charge in [-0.3, -0.25) is 9.69 Å². The maximum Gasteiger partial charge on any atom is 0.251 e. The minimum absolute atomic E-state index is 0.0592. The minimum atomic E-state index is -0.136. The second-order valence-corrected chi connectivity index (χ2v) is 6.87. The number of nitrogens with zero attached hydrogens (tertiary/aromatic N) is 3. The minimum Gasteiger partial charge on any atom is -0.459 e. The highest BCUT2D eigenvalue weighted by Gasteiger charge is 2.20. The van der Waals surface area contributed by atoms with Gasteiger partial charge in [-0.25, -0.2) is 0 Å². The molecule has 1 atom stereocenters. The van der Waals surface area contributed by atoms with E-state index in [0.717, 1.165) is 39.5 Å². The second kappa shape index (κ2) is 6.86. The predicted octanol–water partition coefficient (Wildman–Crippen LogP) is 3.47. The van der Waals surface area contributed by atoms with Gasteiger partial charge in [0, 0.05) is 17.5 Å². The van der Waals surface area contributed by atoms with Crippen molar-refractivity contribution < 1.29 is 9.21 Å². The van der Waals surface area contributed by atoms with E-state index >= 15 is 0 Å². The molecule has 0 saturated carbocycles. The molecule has 132 valence electrons. The van der Waals surface area contributed by atoms with E-state index in [1.54, 1.807) is 12.1 Å². The number of para-hydroxylation sites is 1. The molecule has 0 radical (unpaired) electrons. The Morgan fingerprint density at radius 1 is 1.15 bits per heavy atom. The largest absolute Gasteiger partial charge is 0.459 e. The van der Waals surface area contributed by atoms with Gasteiger partial charge in [0.25, 0.3) is 5.91 Å². The Morgan fingerprint density at radius 3 is 2.77 bits per heavy atom. The zero-order valence-corrected chi connectivity index (χ0v) is 15.3. The number of carbonyl (C=O) groups is 1. The summed E-state index contributed by atoms with van der Waals surface area (Å²) in [5.41, 5.74) is 2.97. The number of hydrogen-bond acceptors (Lipinski definition) is 6. The molecule has 2 heterocycles. The Balaban J connectivity index is 1.52. The van der Waals surface area contributed by atoms with Gasteiger partial charge < -0.3 is 9.73 Å². The summed E-state index contributed by atoms with van der Waals surface area (Å²) in [4.78, 5) is 14.6. The molecule has 0 aliphatic rings. The third-order valence-corrected chi connectivity index (χ3v) is 4.92. The lowest BCUT2D eigenvalue weighted by Crippen LogP contribution is -2.34. The molecule has 0 aliphatic heterocycles. The van der Waals surface area contributed by atoms with Gasteiger partial charge in [-0.1, -0.05) is 18.2 Å². The molecule has 4 aromatic rings. The Bertz CT molecular complexity index is 1040. The highest BCUT2D eigenvalue weighted by atomic mass is 32.1. The lowest BCUT2D eigenvalue weighted by molar-refractivity contribution is 0.0939. The van der Waals surface area contributed by atoms with Gasteiger partial charge in [-0.2, -0.15) is 8.75 Å². The van der Waals surface area contributed by atoms with Gasteiger partial charge in [0.05, 0.1) is 17.8 Å². The summed E-state index contributed by atoms with van der Waals surface area (Å²) in [7, 11) is 3.94. The highest BCUT2D eigenvalue weighted by Crippen LogP contribution is 2.26. The first-order chi connectivity index (χ1) is 12.6.